The van der Waals surface area contributed by atoms with Crippen molar-refractivity contribution in [2.75, 3.05) is 48.4 Å². The average molecular weight is 436 g/mol. The first-order valence-electron chi connectivity index (χ1n) is 10.1. The molecule has 0 unspecified atom stereocenters. The molecule has 2 N–H and O–H groups in total. The topological polar surface area (TPSA) is 78.4 Å². The third kappa shape index (κ3) is 5.58. The number of anilines is 3. The molecule has 1 aromatic carbocycles. The number of aromatic nitrogens is 3. The van der Waals surface area contributed by atoms with Gasteiger partial charge in [-0.25, -0.2) is 0 Å². The Hall–Kier alpha value is -3.46. The lowest BCUT2D eigenvalue weighted by molar-refractivity contribution is 0.397. The normalized spacial score (nSPS) is 13.6. The summed E-state index contributed by atoms with van der Waals surface area (Å²) in [6, 6.07) is 16.2. The van der Waals surface area contributed by atoms with Crippen molar-refractivity contribution in [1.29, 1.82) is 0 Å². The number of methoxy groups -OCH3 is 1. The highest BCUT2D eigenvalue weighted by Gasteiger charge is 2.20. The molecule has 8 nitrogen and oxygen atoms in total. The minimum Gasteiger partial charge on any atom is -0.481 e. The molecule has 0 atom stereocenters. The summed E-state index contributed by atoms with van der Waals surface area (Å²) in [7, 11) is 1.60. The number of nitrogens with one attached hydrogen (secondary N) is 2. The molecule has 1 aliphatic heterocycles. The molecule has 1 aliphatic rings. The first-order chi connectivity index (χ1) is 15.2. The molecule has 0 amide bonds. The zero-order valence-corrected chi connectivity index (χ0v) is 18.2. The second-order valence-corrected chi connectivity index (χ2v) is 7.48. The van der Waals surface area contributed by atoms with E-state index in [2.05, 4.69) is 59.7 Å². The Morgan fingerprint density at radius 1 is 1.03 bits per heavy atom. The van der Waals surface area contributed by atoms with Crippen LogP contribution >= 0.6 is 12.2 Å². The molecule has 160 valence electrons. The van der Waals surface area contributed by atoms with Gasteiger partial charge in [-0.3, -0.25) is 4.98 Å². The van der Waals surface area contributed by atoms with Gasteiger partial charge in [0.05, 0.1) is 7.11 Å². The summed E-state index contributed by atoms with van der Waals surface area (Å²) in [4.78, 5) is 17.8. The minimum atomic E-state index is 0.406. The van der Waals surface area contributed by atoms with Gasteiger partial charge in [0.1, 0.15) is 5.82 Å². The summed E-state index contributed by atoms with van der Waals surface area (Å²) in [5.41, 5.74) is 2.28. The van der Waals surface area contributed by atoms with Gasteiger partial charge in [-0.2, -0.15) is 9.97 Å². The van der Waals surface area contributed by atoms with Gasteiger partial charge >= 0.3 is 0 Å². The first kappa shape index (κ1) is 20.8. The summed E-state index contributed by atoms with van der Waals surface area (Å²) >= 11 is 5.40. The van der Waals surface area contributed by atoms with Gasteiger partial charge in [-0.1, -0.05) is 24.3 Å². The Morgan fingerprint density at radius 3 is 2.52 bits per heavy atom. The van der Waals surface area contributed by atoms with Crippen molar-refractivity contribution in [3.05, 3.63) is 66.5 Å². The fraction of sp³-hybridized carbons (Fsp3) is 0.273. The lowest BCUT2D eigenvalue weighted by Crippen LogP contribution is -2.46. The molecule has 1 saturated heterocycles. The number of rotatable bonds is 6. The Balaban J connectivity index is 1.39. The fourth-order valence-corrected chi connectivity index (χ4v) is 3.56. The number of hydrogen-bond donors (Lipinski definition) is 2. The van der Waals surface area contributed by atoms with Crippen LogP contribution in [-0.4, -0.2) is 53.4 Å². The van der Waals surface area contributed by atoms with E-state index in [0.29, 0.717) is 23.5 Å². The summed E-state index contributed by atoms with van der Waals surface area (Å²) < 4.78 is 5.39. The van der Waals surface area contributed by atoms with Crippen LogP contribution in [0.4, 0.5) is 17.5 Å². The Morgan fingerprint density at radius 2 is 1.81 bits per heavy atom. The third-order valence-corrected chi connectivity index (χ3v) is 5.27. The van der Waals surface area contributed by atoms with E-state index in [9.17, 15) is 0 Å². The maximum absolute atomic E-state index is 5.40. The van der Waals surface area contributed by atoms with E-state index in [-0.39, 0.29) is 0 Å². The highest BCUT2D eigenvalue weighted by Crippen LogP contribution is 2.23. The predicted molar refractivity (Wildman–Crippen MR) is 127 cm³/mol. The quantitative estimate of drug-likeness (QED) is 0.568. The summed E-state index contributed by atoms with van der Waals surface area (Å²) in [6.07, 6.45) is 3.54. The van der Waals surface area contributed by atoms with Crippen LogP contribution < -0.4 is 25.2 Å². The van der Waals surface area contributed by atoms with Crippen molar-refractivity contribution >= 4 is 34.8 Å². The van der Waals surface area contributed by atoms with Gasteiger partial charge in [0, 0.05) is 56.9 Å². The van der Waals surface area contributed by atoms with Crippen LogP contribution in [-0.2, 0) is 6.54 Å². The second-order valence-electron chi connectivity index (χ2n) is 7.07. The van der Waals surface area contributed by atoms with Crippen LogP contribution in [0.2, 0.25) is 0 Å². The largest absolute Gasteiger partial charge is 0.481 e. The number of thiocarbonyl (C=S) groups is 1. The van der Waals surface area contributed by atoms with E-state index in [1.807, 2.05) is 24.3 Å². The molecule has 0 saturated carbocycles. The maximum atomic E-state index is 5.40. The highest BCUT2D eigenvalue weighted by molar-refractivity contribution is 7.80. The monoisotopic (exact) mass is 435 g/mol. The molecule has 0 spiro atoms. The second kappa shape index (κ2) is 10.0. The third-order valence-electron chi connectivity index (χ3n) is 5.02. The maximum Gasteiger partial charge on any atom is 0.234 e. The Labute approximate surface area is 187 Å². The van der Waals surface area contributed by atoms with Gasteiger partial charge in [-0.15, -0.1) is 0 Å². The van der Waals surface area contributed by atoms with Crippen LogP contribution in [0.15, 0.2) is 60.9 Å². The number of hydrogen-bond acceptors (Lipinski definition) is 7. The van der Waals surface area contributed by atoms with Crippen LogP contribution in [0.25, 0.3) is 0 Å². The predicted octanol–water partition coefficient (Wildman–Crippen LogP) is 2.69. The van der Waals surface area contributed by atoms with E-state index < -0.39 is 0 Å². The van der Waals surface area contributed by atoms with Gasteiger partial charge in [0.15, 0.2) is 5.11 Å². The SMILES string of the molecule is COc1cc(N2CCN(c3ccccc3)CC2)nc(NC(=S)NCc2cccnc2)n1. The standard InChI is InChI=1S/C22H25N7OS/c1-30-20-14-19(29-12-10-28(11-13-29)18-7-3-2-4-8-18)25-21(26-20)27-22(31)24-16-17-6-5-9-23-15-17/h2-9,14-15H,10-13,16H2,1H3,(H2,24,25,26,27,31). The molecule has 0 radical (unpaired) electrons. The van der Waals surface area contributed by atoms with E-state index in [1.165, 1.54) is 5.69 Å². The number of ether oxygens (including phenoxy) is 1. The van der Waals surface area contributed by atoms with Gasteiger partial charge in [-0.05, 0) is 36.0 Å². The zero-order valence-electron chi connectivity index (χ0n) is 17.4. The van der Waals surface area contributed by atoms with Gasteiger partial charge < -0.3 is 25.2 Å². The smallest absolute Gasteiger partial charge is 0.234 e. The summed E-state index contributed by atoms with van der Waals surface area (Å²) in [6.45, 7) is 4.13. The number of benzene rings is 1. The van der Waals surface area contributed by atoms with Gasteiger partial charge in [0.25, 0.3) is 0 Å². The zero-order chi connectivity index (χ0) is 21.5. The van der Waals surface area contributed by atoms with Crippen molar-refractivity contribution in [3.8, 4) is 5.88 Å². The van der Waals surface area contributed by atoms with E-state index in [1.54, 1.807) is 19.5 Å². The molecule has 0 aliphatic carbocycles. The highest BCUT2D eigenvalue weighted by atomic mass is 32.1. The minimum absolute atomic E-state index is 0.406. The van der Waals surface area contributed by atoms with Crippen molar-refractivity contribution in [3.63, 3.8) is 0 Å². The van der Waals surface area contributed by atoms with E-state index in [4.69, 9.17) is 17.0 Å². The summed E-state index contributed by atoms with van der Waals surface area (Å²) in [5, 5.41) is 6.65. The van der Waals surface area contributed by atoms with Crippen molar-refractivity contribution in [1.82, 2.24) is 20.3 Å². The van der Waals surface area contributed by atoms with Gasteiger partial charge in [0.2, 0.25) is 11.8 Å². The fourth-order valence-electron chi connectivity index (χ4n) is 3.40. The van der Waals surface area contributed by atoms with Crippen LogP contribution in [0, 0.1) is 0 Å². The number of piperazine rings is 1. The lowest BCUT2D eigenvalue weighted by atomic mass is 10.2. The van der Waals surface area contributed by atoms with E-state index >= 15 is 0 Å². The molecule has 4 rings (SSSR count). The van der Waals surface area contributed by atoms with Crippen molar-refractivity contribution in [2.45, 2.75) is 6.54 Å². The van der Waals surface area contributed by atoms with E-state index in [0.717, 1.165) is 37.6 Å². The molecule has 2 aromatic heterocycles. The first-order valence-corrected chi connectivity index (χ1v) is 10.5. The molecule has 31 heavy (non-hydrogen) atoms. The van der Waals surface area contributed by atoms with Crippen LogP contribution in [0.5, 0.6) is 5.88 Å². The average Bonchev–Trinajstić information content (AvgIpc) is 2.84. The Kier molecular flexibility index (Phi) is 6.73. The van der Waals surface area contributed by atoms with Crippen molar-refractivity contribution in [2.24, 2.45) is 0 Å². The molecular weight excluding hydrogens is 410 g/mol. The Bertz CT molecular complexity index is 995. The number of pyridine rings is 1. The molecule has 9 heteroatoms. The molecule has 0 bridgehead atoms. The summed E-state index contributed by atoms with van der Waals surface area (Å²) in [5.74, 6) is 1.72. The molecule has 1 fully saturated rings. The lowest BCUT2D eigenvalue weighted by Gasteiger charge is -2.36. The molecule has 3 heterocycles. The van der Waals surface area contributed by atoms with Crippen LogP contribution in [0.1, 0.15) is 5.56 Å². The van der Waals surface area contributed by atoms with Crippen LogP contribution in [0.3, 0.4) is 0 Å². The molecular formula is C22H25N7OS. The van der Waals surface area contributed by atoms with Crippen molar-refractivity contribution < 1.29 is 4.74 Å². The number of para-hydroxylation sites is 1. The number of nitrogens with zero attached hydrogens (tertiary/aromatic N) is 5. The molecule has 3 aromatic rings.